The highest BCUT2D eigenvalue weighted by atomic mass is 79.9. The molecule has 2 heterocycles. The van der Waals surface area contributed by atoms with Crippen LogP contribution in [0.4, 0.5) is 5.69 Å². The number of carbonyl (C=O) groups is 2. The van der Waals surface area contributed by atoms with Crippen LogP contribution >= 0.6 is 15.9 Å². The van der Waals surface area contributed by atoms with E-state index < -0.39 is 11.7 Å². The molecule has 0 spiro atoms. The molecule has 1 amide bonds. The zero-order valence-corrected chi connectivity index (χ0v) is 13.7. The standard InChI is InChI=1S/C16H19BrN2O2/c1-2-12-5-3-4-8-18(12)10-19-14-7-6-11(17)9-13(14)15(20)16(19)21/h6-7,9,12H,2-5,8,10H2,1H3/t12-/m1/s1. The Morgan fingerprint density at radius 2 is 2.10 bits per heavy atom. The number of amides is 1. The molecule has 1 aromatic rings. The number of carbonyl (C=O) groups excluding carboxylic acids is 2. The average molecular weight is 351 g/mol. The third-order valence-electron chi connectivity index (χ3n) is 4.48. The SMILES string of the molecule is CC[C@@H]1CCCCN1CN1C(=O)C(=O)c2cc(Br)ccc21. The van der Waals surface area contributed by atoms with Crippen LogP contribution in [0, 0.1) is 0 Å². The number of anilines is 1. The predicted molar refractivity (Wildman–Crippen MR) is 85.5 cm³/mol. The molecule has 112 valence electrons. The van der Waals surface area contributed by atoms with E-state index in [1.807, 2.05) is 12.1 Å². The van der Waals surface area contributed by atoms with Gasteiger partial charge in [-0.15, -0.1) is 0 Å². The van der Waals surface area contributed by atoms with E-state index in [4.69, 9.17) is 0 Å². The van der Waals surface area contributed by atoms with Gasteiger partial charge in [0.25, 0.3) is 5.78 Å². The number of ketones is 1. The number of Topliss-reactive ketones (excluding diaryl/α,β-unsaturated/α-hetero) is 1. The number of hydrogen-bond acceptors (Lipinski definition) is 3. The lowest BCUT2D eigenvalue weighted by atomic mass is 10.0. The molecule has 1 fully saturated rings. The number of likely N-dealkylation sites (tertiary alicyclic amines) is 1. The van der Waals surface area contributed by atoms with Crippen molar-refractivity contribution < 1.29 is 9.59 Å². The van der Waals surface area contributed by atoms with Crippen LogP contribution in [-0.2, 0) is 4.79 Å². The van der Waals surface area contributed by atoms with Gasteiger partial charge in [-0.25, -0.2) is 0 Å². The monoisotopic (exact) mass is 350 g/mol. The Morgan fingerprint density at radius 1 is 1.29 bits per heavy atom. The minimum atomic E-state index is -0.400. The molecule has 0 bridgehead atoms. The van der Waals surface area contributed by atoms with Crippen LogP contribution in [0.3, 0.4) is 0 Å². The molecular formula is C16H19BrN2O2. The molecule has 0 saturated carbocycles. The molecule has 0 radical (unpaired) electrons. The van der Waals surface area contributed by atoms with Gasteiger partial charge in [0.05, 0.1) is 17.9 Å². The van der Waals surface area contributed by atoms with Crippen molar-refractivity contribution in [1.82, 2.24) is 4.90 Å². The van der Waals surface area contributed by atoms with Crippen LogP contribution in [0.25, 0.3) is 0 Å². The number of fused-ring (bicyclic) bond motifs is 1. The number of benzene rings is 1. The summed E-state index contributed by atoms with van der Waals surface area (Å²) in [5.41, 5.74) is 1.26. The number of hydrogen-bond donors (Lipinski definition) is 0. The second-order valence-electron chi connectivity index (χ2n) is 5.74. The molecule has 0 unspecified atom stereocenters. The second-order valence-corrected chi connectivity index (χ2v) is 6.65. The highest BCUT2D eigenvalue weighted by molar-refractivity contribution is 9.10. The molecule has 1 aromatic carbocycles. The van der Waals surface area contributed by atoms with E-state index in [0.29, 0.717) is 18.3 Å². The van der Waals surface area contributed by atoms with Crippen LogP contribution in [0.1, 0.15) is 43.0 Å². The van der Waals surface area contributed by atoms with E-state index >= 15 is 0 Å². The maximum absolute atomic E-state index is 12.3. The summed E-state index contributed by atoms with van der Waals surface area (Å²) in [5, 5.41) is 0. The first kappa shape index (κ1) is 14.7. The van der Waals surface area contributed by atoms with Crippen molar-refractivity contribution >= 4 is 33.3 Å². The quantitative estimate of drug-likeness (QED) is 0.786. The van der Waals surface area contributed by atoms with Crippen LogP contribution in [-0.4, -0.2) is 35.8 Å². The van der Waals surface area contributed by atoms with Crippen LogP contribution in [0.5, 0.6) is 0 Å². The smallest absolute Gasteiger partial charge is 0.291 e. The molecular weight excluding hydrogens is 332 g/mol. The van der Waals surface area contributed by atoms with Gasteiger partial charge in [-0.3, -0.25) is 19.4 Å². The molecule has 0 aromatic heterocycles. The van der Waals surface area contributed by atoms with Crippen molar-refractivity contribution in [2.24, 2.45) is 0 Å². The molecule has 4 nitrogen and oxygen atoms in total. The van der Waals surface area contributed by atoms with Crippen molar-refractivity contribution in [2.75, 3.05) is 18.1 Å². The molecule has 0 aliphatic carbocycles. The summed E-state index contributed by atoms with van der Waals surface area (Å²) < 4.78 is 0.827. The number of nitrogens with zero attached hydrogens (tertiary/aromatic N) is 2. The van der Waals surface area contributed by atoms with Crippen molar-refractivity contribution in [3.8, 4) is 0 Å². The first-order valence-electron chi connectivity index (χ1n) is 7.51. The van der Waals surface area contributed by atoms with Crippen molar-refractivity contribution in [3.63, 3.8) is 0 Å². The van der Waals surface area contributed by atoms with Gasteiger partial charge >= 0.3 is 5.91 Å². The van der Waals surface area contributed by atoms with Crippen LogP contribution < -0.4 is 4.90 Å². The highest BCUT2D eigenvalue weighted by Crippen LogP contribution is 2.32. The molecule has 1 saturated heterocycles. The fraction of sp³-hybridized carbons (Fsp3) is 0.500. The maximum atomic E-state index is 12.3. The Balaban J connectivity index is 1.86. The predicted octanol–water partition coefficient (Wildman–Crippen LogP) is 3.20. The lowest BCUT2D eigenvalue weighted by Gasteiger charge is -2.37. The summed E-state index contributed by atoms with van der Waals surface area (Å²) in [6.45, 7) is 3.71. The Morgan fingerprint density at radius 3 is 2.86 bits per heavy atom. The first-order valence-corrected chi connectivity index (χ1v) is 8.31. The molecule has 1 atom stereocenters. The van der Waals surface area contributed by atoms with Gasteiger partial charge in [-0.05, 0) is 37.5 Å². The summed E-state index contributed by atoms with van der Waals surface area (Å²) in [6.07, 6.45) is 4.69. The lowest BCUT2D eigenvalue weighted by Crippen LogP contribution is -2.47. The van der Waals surface area contributed by atoms with E-state index in [1.54, 1.807) is 11.0 Å². The van der Waals surface area contributed by atoms with E-state index in [0.717, 1.165) is 23.1 Å². The Kier molecular flexibility index (Phi) is 4.13. The molecule has 2 aliphatic heterocycles. The van der Waals surface area contributed by atoms with E-state index in [9.17, 15) is 9.59 Å². The van der Waals surface area contributed by atoms with E-state index in [1.165, 1.54) is 19.3 Å². The van der Waals surface area contributed by atoms with Gasteiger partial charge in [0, 0.05) is 17.1 Å². The summed E-state index contributed by atoms with van der Waals surface area (Å²) in [4.78, 5) is 28.4. The third kappa shape index (κ3) is 2.64. The molecule has 5 heteroatoms. The summed E-state index contributed by atoms with van der Waals surface area (Å²) in [7, 11) is 0. The van der Waals surface area contributed by atoms with Crippen molar-refractivity contribution in [3.05, 3.63) is 28.2 Å². The van der Waals surface area contributed by atoms with Crippen molar-refractivity contribution in [1.29, 1.82) is 0 Å². The van der Waals surface area contributed by atoms with E-state index in [-0.39, 0.29) is 0 Å². The fourth-order valence-electron chi connectivity index (χ4n) is 3.30. The van der Waals surface area contributed by atoms with Crippen LogP contribution in [0.2, 0.25) is 0 Å². The topological polar surface area (TPSA) is 40.6 Å². The van der Waals surface area contributed by atoms with Gasteiger partial charge in [0.15, 0.2) is 0 Å². The zero-order valence-electron chi connectivity index (χ0n) is 12.1. The largest absolute Gasteiger partial charge is 0.300 e. The Bertz CT molecular complexity index is 588. The average Bonchev–Trinajstić information content (AvgIpc) is 2.73. The fourth-order valence-corrected chi connectivity index (χ4v) is 3.66. The molecule has 0 N–H and O–H groups in total. The normalized spacial score (nSPS) is 22.8. The number of halogens is 1. The van der Waals surface area contributed by atoms with Gasteiger partial charge < -0.3 is 0 Å². The van der Waals surface area contributed by atoms with Gasteiger partial charge in [0.2, 0.25) is 0 Å². The highest BCUT2D eigenvalue weighted by Gasteiger charge is 2.37. The lowest BCUT2D eigenvalue weighted by molar-refractivity contribution is -0.114. The molecule has 21 heavy (non-hydrogen) atoms. The minimum Gasteiger partial charge on any atom is -0.291 e. The second kappa shape index (κ2) is 5.89. The van der Waals surface area contributed by atoms with Crippen LogP contribution in [0.15, 0.2) is 22.7 Å². The minimum absolute atomic E-state index is 0.392. The summed E-state index contributed by atoms with van der Waals surface area (Å²) in [5.74, 6) is -0.792. The first-order chi connectivity index (χ1) is 10.1. The summed E-state index contributed by atoms with van der Waals surface area (Å²) in [6, 6.07) is 5.99. The van der Waals surface area contributed by atoms with Gasteiger partial charge in [-0.1, -0.05) is 29.3 Å². The molecule has 2 aliphatic rings. The zero-order chi connectivity index (χ0) is 15.0. The third-order valence-corrected chi connectivity index (χ3v) is 4.97. The van der Waals surface area contributed by atoms with Gasteiger partial charge in [0.1, 0.15) is 0 Å². The van der Waals surface area contributed by atoms with E-state index in [2.05, 4.69) is 27.8 Å². The summed E-state index contributed by atoms with van der Waals surface area (Å²) >= 11 is 3.36. The maximum Gasteiger partial charge on any atom is 0.300 e. The number of piperidine rings is 1. The Labute approximate surface area is 133 Å². The van der Waals surface area contributed by atoms with Gasteiger partial charge in [-0.2, -0.15) is 0 Å². The molecule has 3 rings (SSSR count). The van der Waals surface area contributed by atoms with Crippen molar-refractivity contribution in [2.45, 2.75) is 38.6 Å². The Hall–Kier alpha value is -1.20. The number of rotatable bonds is 3.